The lowest BCUT2D eigenvalue weighted by atomic mass is 10.3. The summed E-state index contributed by atoms with van der Waals surface area (Å²) in [6, 6.07) is 0.221. The second kappa shape index (κ2) is 3.34. The molecule has 0 radical (unpaired) electrons. The first-order chi connectivity index (χ1) is 5.65. The smallest absolute Gasteiger partial charge is 0.263 e. The maximum absolute atomic E-state index is 10.3. The average Bonchev–Trinajstić information content (AvgIpc) is 2.51. The van der Waals surface area contributed by atoms with Crippen molar-refractivity contribution in [3.05, 3.63) is 22.5 Å². The monoisotopic (exact) mass is 169 g/mol. The summed E-state index contributed by atoms with van der Waals surface area (Å²) in [6.45, 7) is 3.98. The molecule has 0 amide bonds. The molecule has 0 N–H and O–H groups in total. The van der Waals surface area contributed by atoms with Crippen molar-refractivity contribution in [1.82, 2.24) is 9.78 Å². The molecule has 1 heterocycles. The number of hydrogen-bond acceptors (Lipinski definition) is 3. The van der Waals surface area contributed by atoms with E-state index >= 15 is 0 Å². The second-order valence-electron chi connectivity index (χ2n) is 2.69. The first-order valence-electron chi connectivity index (χ1n) is 3.83. The van der Waals surface area contributed by atoms with Crippen LogP contribution < -0.4 is 0 Å². The molecule has 0 aliphatic heterocycles. The highest BCUT2D eigenvalue weighted by Crippen LogP contribution is 2.14. The summed E-state index contributed by atoms with van der Waals surface area (Å²) in [5.74, 6) is 0. The van der Waals surface area contributed by atoms with Gasteiger partial charge >= 0.3 is 5.69 Å². The molecule has 12 heavy (non-hydrogen) atoms. The Morgan fingerprint density at radius 2 is 2.50 bits per heavy atom. The lowest BCUT2D eigenvalue weighted by Gasteiger charge is -2.06. The van der Waals surface area contributed by atoms with Crippen LogP contribution in [0.2, 0.25) is 0 Å². The summed E-state index contributed by atoms with van der Waals surface area (Å²) in [6.07, 6.45) is 3.64. The first kappa shape index (κ1) is 8.70. The lowest BCUT2D eigenvalue weighted by molar-refractivity contribution is -0.385. The molecule has 66 valence electrons. The Hall–Kier alpha value is -1.39. The van der Waals surface area contributed by atoms with Gasteiger partial charge in [0.1, 0.15) is 12.4 Å². The molecule has 5 nitrogen and oxygen atoms in total. The van der Waals surface area contributed by atoms with Crippen molar-refractivity contribution in [2.24, 2.45) is 0 Å². The van der Waals surface area contributed by atoms with Gasteiger partial charge in [0.15, 0.2) is 0 Å². The predicted molar refractivity (Wildman–Crippen MR) is 43.9 cm³/mol. The van der Waals surface area contributed by atoms with Crippen LogP contribution in [0.1, 0.15) is 26.3 Å². The molecular weight excluding hydrogens is 158 g/mol. The quantitative estimate of drug-likeness (QED) is 0.511. The molecule has 1 rings (SSSR count). The highest BCUT2D eigenvalue weighted by Gasteiger charge is 2.10. The molecule has 0 bridgehead atoms. The van der Waals surface area contributed by atoms with E-state index in [1.165, 1.54) is 12.4 Å². The van der Waals surface area contributed by atoms with E-state index in [1.54, 1.807) is 4.68 Å². The highest BCUT2D eigenvalue weighted by atomic mass is 16.6. The first-order valence-corrected chi connectivity index (χ1v) is 3.83. The Morgan fingerprint density at radius 3 is 2.92 bits per heavy atom. The maximum Gasteiger partial charge on any atom is 0.307 e. The van der Waals surface area contributed by atoms with E-state index in [1.807, 2.05) is 13.8 Å². The third kappa shape index (κ3) is 1.61. The van der Waals surface area contributed by atoms with E-state index in [4.69, 9.17) is 0 Å². The fraction of sp³-hybridized carbons (Fsp3) is 0.571. The van der Waals surface area contributed by atoms with Crippen LogP contribution in [0, 0.1) is 10.1 Å². The maximum atomic E-state index is 10.3. The van der Waals surface area contributed by atoms with Gasteiger partial charge in [-0.25, -0.2) is 0 Å². The Balaban J connectivity index is 2.84. The van der Waals surface area contributed by atoms with E-state index in [0.29, 0.717) is 0 Å². The van der Waals surface area contributed by atoms with Crippen molar-refractivity contribution in [3.63, 3.8) is 0 Å². The number of rotatable bonds is 3. The predicted octanol–water partition coefficient (Wildman–Crippen LogP) is 1.76. The zero-order valence-electron chi connectivity index (χ0n) is 7.10. The Kier molecular flexibility index (Phi) is 2.42. The zero-order chi connectivity index (χ0) is 9.14. The van der Waals surface area contributed by atoms with Gasteiger partial charge in [0.2, 0.25) is 0 Å². The van der Waals surface area contributed by atoms with Gasteiger partial charge < -0.3 is 0 Å². The summed E-state index contributed by atoms with van der Waals surface area (Å²) in [5.41, 5.74) is 0.0512. The summed E-state index contributed by atoms with van der Waals surface area (Å²) in [4.78, 5) is 9.84. The van der Waals surface area contributed by atoms with Crippen molar-refractivity contribution in [2.75, 3.05) is 0 Å². The molecule has 1 aromatic heterocycles. The molecule has 1 atom stereocenters. The largest absolute Gasteiger partial charge is 0.307 e. The van der Waals surface area contributed by atoms with Crippen molar-refractivity contribution in [1.29, 1.82) is 0 Å². The Morgan fingerprint density at radius 1 is 1.83 bits per heavy atom. The third-order valence-corrected chi connectivity index (χ3v) is 1.84. The van der Waals surface area contributed by atoms with Gasteiger partial charge in [0.25, 0.3) is 0 Å². The second-order valence-corrected chi connectivity index (χ2v) is 2.69. The molecule has 0 aromatic carbocycles. The molecule has 5 heteroatoms. The van der Waals surface area contributed by atoms with Gasteiger partial charge in [-0.3, -0.25) is 14.8 Å². The van der Waals surface area contributed by atoms with Crippen molar-refractivity contribution < 1.29 is 4.92 Å². The van der Waals surface area contributed by atoms with E-state index in [0.717, 1.165) is 6.42 Å². The number of aromatic nitrogens is 2. The van der Waals surface area contributed by atoms with Gasteiger partial charge in [-0.15, -0.1) is 0 Å². The van der Waals surface area contributed by atoms with Gasteiger partial charge in [-0.1, -0.05) is 6.92 Å². The van der Waals surface area contributed by atoms with Crippen LogP contribution in [0.25, 0.3) is 0 Å². The van der Waals surface area contributed by atoms with E-state index in [-0.39, 0.29) is 11.7 Å². The van der Waals surface area contributed by atoms with Gasteiger partial charge in [0, 0.05) is 6.04 Å². The highest BCUT2D eigenvalue weighted by molar-refractivity contribution is 5.20. The summed E-state index contributed by atoms with van der Waals surface area (Å²) < 4.78 is 1.61. The van der Waals surface area contributed by atoms with Crippen LogP contribution >= 0.6 is 0 Å². The SMILES string of the molecule is CC[C@@H](C)n1cc([N+](=O)[O-])cn1. The molecular formula is C7H11N3O2. The fourth-order valence-electron chi connectivity index (χ4n) is 0.850. The van der Waals surface area contributed by atoms with Crippen molar-refractivity contribution in [3.8, 4) is 0 Å². The molecule has 0 aliphatic carbocycles. The fourth-order valence-corrected chi connectivity index (χ4v) is 0.850. The Labute approximate surface area is 70.2 Å². The van der Waals surface area contributed by atoms with E-state index < -0.39 is 4.92 Å². The van der Waals surface area contributed by atoms with Crippen molar-refractivity contribution in [2.45, 2.75) is 26.3 Å². The number of hydrogen-bond donors (Lipinski definition) is 0. The van der Waals surface area contributed by atoms with Crippen LogP contribution in [-0.4, -0.2) is 14.7 Å². The number of nitro groups is 1. The lowest BCUT2D eigenvalue weighted by Crippen LogP contribution is -2.03. The number of nitrogens with zero attached hydrogens (tertiary/aromatic N) is 3. The minimum Gasteiger partial charge on any atom is -0.263 e. The van der Waals surface area contributed by atoms with Crippen LogP contribution in [0.5, 0.6) is 0 Å². The van der Waals surface area contributed by atoms with Crippen LogP contribution in [0.3, 0.4) is 0 Å². The minimum atomic E-state index is -0.439. The van der Waals surface area contributed by atoms with Gasteiger partial charge in [-0.2, -0.15) is 5.10 Å². The summed E-state index contributed by atoms with van der Waals surface area (Å²) in [7, 11) is 0. The molecule has 0 saturated heterocycles. The van der Waals surface area contributed by atoms with Crippen LogP contribution in [0.4, 0.5) is 5.69 Å². The normalized spacial score (nSPS) is 12.8. The minimum absolute atomic E-state index is 0.0512. The van der Waals surface area contributed by atoms with Crippen LogP contribution in [-0.2, 0) is 0 Å². The van der Waals surface area contributed by atoms with Gasteiger partial charge in [0.05, 0.1) is 4.92 Å². The summed E-state index contributed by atoms with van der Waals surface area (Å²) >= 11 is 0. The molecule has 0 unspecified atom stereocenters. The van der Waals surface area contributed by atoms with E-state index in [9.17, 15) is 10.1 Å². The third-order valence-electron chi connectivity index (χ3n) is 1.84. The molecule has 0 spiro atoms. The molecule has 1 aromatic rings. The average molecular weight is 169 g/mol. The van der Waals surface area contributed by atoms with Gasteiger partial charge in [-0.05, 0) is 13.3 Å². The molecule has 0 saturated carbocycles. The molecule has 0 fully saturated rings. The summed E-state index contributed by atoms with van der Waals surface area (Å²) in [5, 5.41) is 14.2. The van der Waals surface area contributed by atoms with Crippen LogP contribution in [0.15, 0.2) is 12.4 Å². The van der Waals surface area contributed by atoms with E-state index in [2.05, 4.69) is 5.10 Å². The topological polar surface area (TPSA) is 61.0 Å². The van der Waals surface area contributed by atoms with Crippen molar-refractivity contribution >= 4 is 5.69 Å². The zero-order valence-corrected chi connectivity index (χ0v) is 7.10. The molecule has 0 aliphatic rings. The standard InChI is InChI=1S/C7H11N3O2/c1-3-6(2)9-5-7(4-8-9)10(11)12/h4-6H,3H2,1-2H3/t6-/m1/s1. The Bertz CT molecular complexity index is 282.